The van der Waals surface area contributed by atoms with Gasteiger partial charge >= 0.3 is 0 Å². The molecule has 7 N–H and O–H groups in total. The molecule has 3 saturated heterocycles. The Morgan fingerprint density at radius 2 is 1.49 bits per heavy atom. The van der Waals surface area contributed by atoms with Crippen LogP contribution in [0.4, 0.5) is 31.8 Å². The molecule has 0 aliphatic carbocycles. The quantitative estimate of drug-likeness (QED) is 0.0446. The van der Waals surface area contributed by atoms with E-state index in [1.54, 1.807) is 53.1 Å². The van der Waals surface area contributed by atoms with E-state index in [1.807, 2.05) is 30.5 Å². The molecule has 5 heterocycles. The van der Waals surface area contributed by atoms with Crippen LogP contribution in [-0.4, -0.2) is 148 Å². The lowest BCUT2D eigenvalue weighted by atomic mass is 9.85. The fourth-order valence-electron chi connectivity index (χ4n) is 10.4. The van der Waals surface area contributed by atoms with Crippen molar-refractivity contribution in [3.05, 3.63) is 84.3 Å². The zero-order valence-corrected chi connectivity index (χ0v) is 47.8. The lowest BCUT2D eigenvalue weighted by molar-refractivity contribution is -0.143. The van der Waals surface area contributed by atoms with Gasteiger partial charge in [0.1, 0.15) is 40.2 Å². The number of hydrogen-bond donors (Lipinski definition) is 6. The third-order valence-electron chi connectivity index (χ3n) is 15.2. The maximum Gasteiger partial charge on any atom is 0.272 e. The van der Waals surface area contributed by atoms with Crippen LogP contribution in [0.5, 0.6) is 0 Å². The molecule has 2 aromatic carbocycles. The molecule has 22 heteroatoms. The van der Waals surface area contributed by atoms with Crippen LogP contribution < -0.4 is 42.1 Å². The van der Waals surface area contributed by atoms with Crippen molar-refractivity contribution >= 4 is 64.3 Å². The second kappa shape index (κ2) is 27.2. The van der Waals surface area contributed by atoms with E-state index in [9.17, 15) is 32.8 Å². The number of piperidine rings is 1. The average molecular weight is 1110 g/mol. The van der Waals surface area contributed by atoms with E-state index in [2.05, 4.69) is 82.2 Å². The number of aromatic nitrogens is 4. The standard InChI is InChI=1S/C57H80F2N14O5S/c1-36-33-71(34-37(2)72(36)26-14-12-10-9-11-13-21-48(74)64-39-17-15-18-41(29-39)79-49-32-62-47(31-63-49)70-27-24-57(7,60)25-28-70)46-23-22-44(68-69-46)53(76)65-40-30-45(54(77)66-50-42(58)19-16-20-43(50)59)73(35-40)55(78)51(56(4,5)6)67-52(75)38(3)61-8/h15-20,22-23,29,31-32,36-38,40,45,51,61H,9-14,21,24-28,30,33-35,60H2,1-8H3,(H,64,74)(H,65,76)(H,66,77)(H,67,75)/t36?,37?,38-,40+,45-,51+/m1/s1. The minimum absolute atomic E-state index is 0.0107. The topological polar surface area (TPSA) is 236 Å². The van der Waals surface area contributed by atoms with Gasteiger partial charge in [0.25, 0.3) is 5.91 Å². The molecule has 0 saturated carbocycles. The van der Waals surface area contributed by atoms with Gasteiger partial charge in [0.15, 0.2) is 11.5 Å². The molecule has 79 heavy (non-hydrogen) atoms. The highest BCUT2D eigenvalue weighted by molar-refractivity contribution is 7.99. The molecule has 6 atom stereocenters. The highest BCUT2D eigenvalue weighted by Gasteiger charge is 2.46. The number of amides is 5. The van der Waals surface area contributed by atoms with E-state index in [1.165, 1.54) is 22.7 Å². The van der Waals surface area contributed by atoms with Gasteiger partial charge < -0.3 is 47.0 Å². The van der Waals surface area contributed by atoms with Crippen LogP contribution in [0.25, 0.3) is 0 Å². The van der Waals surface area contributed by atoms with E-state index < -0.39 is 70.5 Å². The summed E-state index contributed by atoms with van der Waals surface area (Å²) < 4.78 is 29.4. The van der Waals surface area contributed by atoms with Crippen molar-refractivity contribution in [2.24, 2.45) is 11.1 Å². The van der Waals surface area contributed by atoms with E-state index in [0.717, 1.165) is 118 Å². The Bertz CT molecular complexity index is 2690. The monoisotopic (exact) mass is 1110 g/mol. The van der Waals surface area contributed by atoms with Crippen LogP contribution in [0, 0.1) is 17.0 Å². The van der Waals surface area contributed by atoms with E-state index in [-0.39, 0.29) is 42.2 Å². The number of likely N-dealkylation sites (N-methyl/N-ethyl adjacent to an activating group) is 1. The van der Waals surface area contributed by atoms with Crippen LogP contribution >= 0.6 is 11.8 Å². The Balaban J connectivity index is 0.820. The molecule has 3 fully saturated rings. The van der Waals surface area contributed by atoms with Crippen molar-refractivity contribution in [2.45, 2.75) is 164 Å². The van der Waals surface area contributed by atoms with E-state index >= 15 is 0 Å². The van der Waals surface area contributed by atoms with Gasteiger partial charge in [0, 0.05) is 73.4 Å². The predicted molar refractivity (Wildman–Crippen MR) is 304 cm³/mol. The molecule has 0 bridgehead atoms. The Labute approximate surface area is 467 Å². The maximum atomic E-state index is 14.7. The van der Waals surface area contributed by atoms with Crippen LogP contribution in [0.2, 0.25) is 0 Å². The number of benzene rings is 2. The zero-order valence-electron chi connectivity index (χ0n) is 47.0. The number of para-hydroxylation sites is 1. The molecular weight excluding hydrogens is 1030 g/mol. The first-order valence-electron chi connectivity index (χ1n) is 27.7. The number of hydrogen-bond acceptors (Lipinski definition) is 15. The molecule has 0 spiro atoms. The average Bonchev–Trinajstić information content (AvgIpc) is 3.93. The zero-order chi connectivity index (χ0) is 57.0. The lowest BCUT2D eigenvalue weighted by Gasteiger charge is -2.44. The van der Waals surface area contributed by atoms with Gasteiger partial charge in [0.05, 0.1) is 18.4 Å². The molecule has 2 unspecified atom stereocenters. The molecule has 2 aromatic heterocycles. The molecular formula is C57H80F2N14O5S. The SMILES string of the molecule is CN[C@H](C)C(=O)N[C@@H](C(=O)N1C[C@@H](NC(=O)c2ccc(N3CC(C)N(CCCCCCCCC(=O)Nc4cccc(Sc5cnc(N6CCC(C)(N)CC6)cn5)c4)C(C)C3)nn2)C[C@@H]1C(=O)Nc1c(F)cccc1F)C(C)(C)C. The first-order valence-corrected chi connectivity index (χ1v) is 28.5. The number of anilines is 4. The molecule has 19 nitrogen and oxygen atoms in total. The van der Waals surface area contributed by atoms with Gasteiger partial charge in [-0.1, -0.05) is 70.3 Å². The number of piperazine rings is 1. The number of carbonyl (C=O) groups is 5. The van der Waals surface area contributed by atoms with Gasteiger partial charge in [-0.15, -0.1) is 10.2 Å². The van der Waals surface area contributed by atoms with Crippen LogP contribution in [0.3, 0.4) is 0 Å². The van der Waals surface area contributed by atoms with Crippen LogP contribution in [0.15, 0.2) is 76.9 Å². The summed E-state index contributed by atoms with van der Waals surface area (Å²) in [4.78, 5) is 86.1. The summed E-state index contributed by atoms with van der Waals surface area (Å²) in [6.45, 7) is 17.5. The Hall–Kier alpha value is -6.36. The molecule has 428 valence electrons. The van der Waals surface area contributed by atoms with Crippen LogP contribution in [0.1, 0.15) is 123 Å². The van der Waals surface area contributed by atoms with Gasteiger partial charge in [0.2, 0.25) is 23.6 Å². The van der Waals surface area contributed by atoms with Gasteiger partial charge in [-0.2, -0.15) is 0 Å². The van der Waals surface area contributed by atoms with Crippen LogP contribution in [-0.2, 0) is 19.2 Å². The third-order valence-corrected chi connectivity index (χ3v) is 16.1. The van der Waals surface area contributed by atoms with Gasteiger partial charge in [-0.05, 0) is 121 Å². The number of nitrogens with zero attached hydrogens (tertiary/aromatic N) is 8. The molecule has 5 amide bonds. The van der Waals surface area contributed by atoms with E-state index in [4.69, 9.17) is 5.73 Å². The highest BCUT2D eigenvalue weighted by Crippen LogP contribution is 2.31. The van der Waals surface area contributed by atoms with Crippen molar-refractivity contribution in [3.63, 3.8) is 0 Å². The number of carbonyl (C=O) groups excluding carboxylic acids is 5. The third kappa shape index (κ3) is 16.6. The van der Waals surface area contributed by atoms with Crippen molar-refractivity contribution in [3.8, 4) is 0 Å². The summed E-state index contributed by atoms with van der Waals surface area (Å²) in [6, 6.07) is 11.1. The molecule has 0 radical (unpaired) electrons. The smallest absolute Gasteiger partial charge is 0.272 e. The largest absolute Gasteiger partial charge is 0.355 e. The minimum Gasteiger partial charge on any atom is -0.355 e. The first-order chi connectivity index (χ1) is 37.6. The van der Waals surface area contributed by atoms with Crippen molar-refractivity contribution < 1.29 is 32.8 Å². The number of likely N-dealkylation sites (tertiary alicyclic amines) is 1. The minimum atomic E-state index is -1.25. The van der Waals surface area contributed by atoms with Gasteiger partial charge in [-0.25, -0.2) is 18.7 Å². The van der Waals surface area contributed by atoms with Gasteiger partial charge in [-0.3, -0.25) is 28.9 Å². The summed E-state index contributed by atoms with van der Waals surface area (Å²) in [7, 11) is 1.61. The Morgan fingerprint density at radius 3 is 2.13 bits per heavy atom. The molecule has 4 aromatic rings. The maximum absolute atomic E-state index is 14.7. The highest BCUT2D eigenvalue weighted by atomic mass is 32.2. The predicted octanol–water partition coefficient (Wildman–Crippen LogP) is 6.76. The number of rotatable bonds is 22. The summed E-state index contributed by atoms with van der Waals surface area (Å²) >= 11 is 1.51. The lowest BCUT2D eigenvalue weighted by Crippen LogP contribution is -2.59. The number of unbranched alkanes of at least 4 members (excludes halogenated alkanes) is 5. The summed E-state index contributed by atoms with van der Waals surface area (Å²) in [5.74, 6) is -2.92. The van der Waals surface area contributed by atoms with Crippen molar-refractivity contribution in [1.82, 2.24) is 45.9 Å². The fourth-order valence-corrected chi connectivity index (χ4v) is 11.2. The van der Waals surface area contributed by atoms with E-state index in [0.29, 0.717) is 12.2 Å². The molecule has 7 rings (SSSR count). The molecule has 3 aliphatic heterocycles. The summed E-state index contributed by atoms with van der Waals surface area (Å²) in [5, 5.41) is 23.4. The number of nitrogens with one attached hydrogen (secondary N) is 5. The Morgan fingerprint density at radius 1 is 0.823 bits per heavy atom. The normalized spacial score (nSPS) is 20.3. The fraction of sp³-hybridized carbons (Fsp3) is 0.561. The summed E-state index contributed by atoms with van der Waals surface area (Å²) in [6.07, 6.45) is 12.0. The summed E-state index contributed by atoms with van der Waals surface area (Å²) in [5.41, 5.74) is 5.50. The number of nitrogens with two attached hydrogens (primary N) is 1. The molecule has 3 aliphatic rings. The number of halogens is 2. The second-order valence-corrected chi connectivity index (χ2v) is 23.9. The van der Waals surface area contributed by atoms with Crippen molar-refractivity contribution in [1.29, 1.82) is 0 Å². The first kappa shape index (κ1) is 60.3. The Kier molecular flexibility index (Phi) is 20.8. The second-order valence-electron chi connectivity index (χ2n) is 22.8. The van der Waals surface area contributed by atoms with Crippen molar-refractivity contribution in [2.75, 3.05) is 66.7 Å².